The summed E-state index contributed by atoms with van der Waals surface area (Å²) < 4.78 is 30.9. The molecule has 0 atom stereocenters. The summed E-state index contributed by atoms with van der Waals surface area (Å²) in [5.74, 6) is 0.524. The smallest absolute Gasteiger partial charge is 0.107 e. The molecular weight excluding hydrogens is 682 g/mol. The Kier molecular flexibility index (Phi) is 6.35. The van der Waals surface area contributed by atoms with E-state index in [9.17, 15) is 0 Å². The van der Waals surface area contributed by atoms with Crippen molar-refractivity contribution in [1.82, 2.24) is 9.88 Å². The molecule has 3 aromatic carbocycles. The summed E-state index contributed by atoms with van der Waals surface area (Å²) >= 11 is 1.53. The first-order valence-electron chi connectivity index (χ1n) is 14.1. The molecule has 0 fully saturated rings. The zero-order valence-electron chi connectivity index (χ0n) is 25.4. The second kappa shape index (κ2) is 10.4. The van der Waals surface area contributed by atoms with Crippen LogP contribution in [0.1, 0.15) is 44.3 Å². The van der Waals surface area contributed by atoms with E-state index in [1.165, 1.54) is 21.8 Å². The van der Waals surface area contributed by atoms with Crippen LogP contribution in [0.15, 0.2) is 78.3 Å². The van der Waals surface area contributed by atoms with Crippen molar-refractivity contribution < 1.29 is 29.9 Å². The molecule has 0 spiro atoms. The fraction of sp³-hybridized carbons (Fsp3) is 0.212. The van der Waals surface area contributed by atoms with Crippen LogP contribution in [0, 0.1) is 18.8 Å². The standard InChI is InChI=1S/C33H30N3OS.Pt/c1-21-22(2)36(20-35(21)6)25-11-9-12-26(18-25)37-31-19-28-30(38-31)16-23-10-7-8-13-27(23)32(28)29-17-24(14-15-34-29)33(3,4)5;/h7-17,20H,1-6H3;/q-3;/i6D3;. The van der Waals surface area contributed by atoms with Gasteiger partial charge in [0.15, 0.2) is 0 Å². The van der Waals surface area contributed by atoms with Gasteiger partial charge >= 0.3 is 0 Å². The minimum Gasteiger partial charge on any atom is -0.508 e. The Bertz CT molecular complexity index is 1820. The molecule has 0 unspecified atom stereocenters. The zero-order valence-corrected chi connectivity index (χ0v) is 25.5. The van der Waals surface area contributed by atoms with Crippen LogP contribution in [0.4, 0.5) is 5.69 Å². The number of nitrogens with zero attached hydrogens (tertiary/aromatic N) is 3. The first-order chi connectivity index (χ1) is 19.4. The maximum absolute atomic E-state index is 7.85. The van der Waals surface area contributed by atoms with Gasteiger partial charge in [0, 0.05) is 48.5 Å². The van der Waals surface area contributed by atoms with Gasteiger partial charge in [-0.25, -0.2) is 0 Å². The van der Waals surface area contributed by atoms with Crippen molar-refractivity contribution in [2.24, 2.45) is 0 Å². The molecule has 0 amide bonds. The summed E-state index contributed by atoms with van der Waals surface area (Å²) in [7, 11) is 0. The number of fused-ring (bicyclic) bond motifs is 2. The van der Waals surface area contributed by atoms with E-state index in [0.29, 0.717) is 22.2 Å². The fourth-order valence-electron chi connectivity index (χ4n) is 4.72. The van der Waals surface area contributed by atoms with Gasteiger partial charge in [-0.3, -0.25) is 4.98 Å². The SMILES string of the molecule is [2H]C([2H])([2H])N1[CH-]N(c2[c-]c(Oc3[c-]c4c(-c5cc(C(C)(C)C)ccn5)c5ccccc5cc4s3)ccc2)C(C)=C1C.[Pt]. The second-order valence-electron chi connectivity index (χ2n) is 10.6. The zero-order chi connectivity index (χ0) is 29.1. The first kappa shape index (κ1) is 23.7. The van der Waals surface area contributed by atoms with Crippen LogP contribution < -0.4 is 9.64 Å². The summed E-state index contributed by atoms with van der Waals surface area (Å²) in [6.45, 7) is 9.65. The Morgan fingerprint density at radius 2 is 1.82 bits per heavy atom. The van der Waals surface area contributed by atoms with Crippen LogP contribution in [0.2, 0.25) is 0 Å². The summed E-state index contributed by atoms with van der Waals surface area (Å²) in [6.07, 6.45) is 1.88. The number of rotatable bonds is 4. The van der Waals surface area contributed by atoms with Crippen molar-refractivity contribution in [2.45, 2.75) is 40.0 Å². The van der Waals surface area contributed by atoms with Crippen LogP contribution in [0.3, 0.4) is 0 Å². The predicted octanol–water partition coefficient (Wildman–Crippen LogP) is 8.93. The van der Waals surface area contributed by atoms with E-state index in [4.69, 9.17) is 13.8 Å². The van der Waals surface area contributed by atoms with E-state index in [-0.39, 0.29) is 26.5 Å². The summed E-state index contributed by atoms with van der Waals surface area (Å²) in [5, 5.41) is 3.84. The van der Waals surface area contributed by atoms with Gasteiger partial charge in [0.05, 0.1) is 0 Å². The van der Waals surface area contributed by atoms with Crippen molar-refractivity contribution in [1.29, 1.82) is 0 Å². The van der Waals surface area contributed by atoms with Crippen LogP contribution >= 0.6 is 11.3 Å². The van der Waals surface area contributed by atoms with Crippen molar-refractivity contribution in [2.75, 3.05) is 11.9 Å². The van der Waals surface area contributed by atoms with E-state index in [2.05, 4.69) is 69.3 Å². The van der Waals surface area contributed by atoms with E-state index >= 15 is 0 Å². The first-order valence-corrected chi connectivity index (χ1v) is 13.4. The molecule has 4 nitrogen and oxygen atoms in total. The number of thiophene rings is 1. The summed E-state index contributed by atoms with van der Waals surface area (Å²) in [5.41, 5.74) is 5.36. The van der Waals surface area contributed by atoms with E-state index in [1.54, 1.807) is 13.6 Å². The molecule has 39 heavy (non-hydrogen) atoms. The molecule has 2 aromatic heterocycles. The number of aromatic nitrogens is 1. The third kappa shape index (κ3) is 5.11. The van der Waals surface area contributed by atoms with Gasteiger partial charge < -0.3 is 14.5 Å². The summed E-state index contributed by atoms with van der Waals surface area (Å²) in [4.78, 5) is 7.91. The molecule has 5 aromatic rings. The number of ether oxygens (including phenoxy) is 1. The van der Waals surface area contributed by atoms with Gasteiger partial charge in [0.2, 0.25) is 0 Å². The molecule has 1 aliphatic rings. The number of anilines is 1. The molecule has 0 radical (unpaired) electrons. The molecule has 6 rings (SSSR count). The maximum Gasteiger partial charge on any atom is 0.107 e. The topological polar surface area (TPSA) is 28.6 Å². The largest absolute Gasteiger partial charge is 0.508 e. The number of pyridine rings is 1. The molecule has 0 saturated carbocycles. The molecule has 0 bridgehead atoms. The van der Waals surface area contributed by atoms with Gasteiger partial charge in [0.25, 0.3) is 0 Å². The van der Waals surface area contributed by atoms with Gasteiger partial charge in [-0.1, -0.05) is 66.8 Å². The average Bonchev–Trinajstić information content (AvgIpc) is 3.46. The summed E-state index contributed by atoms with van der Waals surface area (Å²) in [6, 6.07) is 27.2. The molecular formula is C33H30N3OPtS-3. The van der Waals surface area contributed by atoms with Crippen LogP contribution in [0.5, 0.6) is 10.8 Å². The Balaban J connectivity index is 0.00000353. The van der Waals surface area contributed by atoms with Crippen LogP contribution in [-0.2, 0) is 26.5 Å². The third-order valence-electron chi connectivity index (χ3n) is 7.02. The normalized spacial score (nSPS) is 15.4. The monoisotopic (exact) mass is 714 g/mol. The molecule has 0 aliphatic carbocycles. The predicted molar refractivity (Wildman–Crippen MR) is 158 cm³/mol. The molecule has 1 aliphatic heterocycles. The average molecular weight is 715 g/mol. The maximum atomic E-state index is 7.85. The van der Waals surface area contributed by atoms with Crippen molar-refractivity contribution in [3.8, 4) is 22.1 Å². The van der Waals surface area contributed by atoms with Crippen LogP contribution in [0.25, 0.3) is 32.1 Å². The Labute approximate surface area is 253 Å². The minimum atomic E-state index is -2.26. The minimum absolute atomic E-state index is 0. The Morgan fingerprint density at radius 3 is 2.59 bits per heavy atom. The number of allylic oxidation sites excluding steroid dienone is 2. The van der Waals surface area contributed by atoms with Crippen LogP contribution in [-0.4, -0.2) is 16.9 Å². The van der Waals surface area contributed by atoms with Gasteiger partial charge in [-0.15, -0.1) is 30.0 Å². The van der Waals surface area contributed by atoms with E-state index in [1.807, 2.05) is 42.3 Å². The van der Waals surface area contributed by atoms with E-state index < -0.39 is 6.98 Å². The molecule has 6 heteroatoms. The van der Waals surface area contributed by atoms with E-state index in [0.717, 1.165) is 37.8 Å². The number of hydrogen-bond donors (Lipinski definition) is 0. The quantitative estimate of drug-likeness (QED) is 0.174. The fourth-order valence-corrected chi connectivity index (χ4v) is 5.64. The molecule has 202 valence electrons. The van der Waals surface area contributed by atoms with Crippen molar-refractivity contribution >= 4 is 37.9 Å². The van der Waals surface area contributed by atoms with Gasteiger partial charge in [0.1, 0.15) is 5.06 Å². The number of hydrogen-bond acceptors (Lipinski definition) is 5. The third-order valence-corrected chi connectivity index (χ3v) is 7.93. The molecule has 3 heterocycles. The van der Waals surface area contributed by atoms with Crippen molar-refractivity contribution in [3.05, 3.63) is 103 Å². The second-order valence-corrected chi connectivity index (χ2v) is 11.6. The molecule has 0 N–H and O–H groups in total. The van der Waals surface area contributed by atoms with Crippen molar-refractivity contribution in [3.63, 3.8) is 0 Å². The number of benzene rings is 3. The molecule has 0 saturated heterocycles. The Morgan fingerprint density at radius 1 is 1.00 bits per heavy atom. The van der Waals surface area contributed by atoms with Gasteiger partial charge in [-0.05, 0) is 55.0 Å². The van der Waals surface area contributed by atoms with Gasteiger partial charge in [-0.2, -0.15) is 29.5 Å². The Hall–Kier alpha value is -3.14.